The van der Waals surface area contributed by atoms with Crippen molar-refractivity contribution in [2.75, 3.05) is 13.7 Å². The number of ether oxygens (including phenoxy) is 1. The fourth-order valence-electron chi connectivity index (χ4n) is 0.635. The van der Waals surface area contributed by atoms with Crippen molar-refractivity contribution in [3.05, 3.63) is 0 Å². The highest BCUT2D eigenvalue weighted by molar-refractivity contribution is 9.09. The van der Waals surface area contributed by atoms with E-state index in [0.29, 0.717) is 6.54 Å². The van der Waals surface area contributed by atoms with E-state index < -0.39 is 5.97 Å². The summed E-state index contributed by atoms with van der Waals surface area (Å²) in [6.45, 7) is 0.487. The molecule has 0 aromatic heterocycles. The van der Waals surface area contributed by atoms with Gasteiger partial charge in [-0.25, -0.2) is 4.79 Å². The average Bonchev–Trinajstić information content (AvgIpc) is 2.05. The van der Waals surface area contributed by atoms with Crippen LogP contribution in [0.3, 0.4) is 0 Å². The van der Waals surface area contributed by atoms with Gasteiger partial charge in [0, 0.05) is 0 Å². The molecule has 1 aliphatic heterocycles. The van der Waals surface area contributed by atoms with Crippen LogP contribution in [-0.4, -0.2) is 36.5 Å². The zero-order valence-electron chi connectivity index (χ0n) is 5.95. The van der Waals surface area contributed by atoms with Gasteiger partial charge in [-0.15, -0.1) is 0 Å². The van der Waals surface area contributed by atoms with Crippen molar-refractivity contribution in [3.8, 4) is 0 Å². The number of halogens is 1. The molecule has 11 heavy (non-hydrogen) atoms. The van der Waals surface area contributed by atoms with E-state index in [2.05, 4.69) is 30.7 Å². The van der Waals surface area contributed by atoms with Crippen LogP contribution >= 0.6 is 15.9 Å². The minimum absolute atomic E-state index is 0.00379. The van der Waals surface area contributed by atoms with Crippen LogP contribution in [0.4, 0.5) is 0 Å². The van der Waals surface area contributed by atoms with Crippen LogP contribution in [0.5, 0.6) is 0 Å². The van der Waals surface area contributed by atoms with Gasteiger partial charge in [0.1, 0.15) is 4.95 Å². The lowest BCUT2D eigenvalue weighted by Gasteiger charge is -2.06. The third kappa shape index (κ3) is 2.11. The number of carbonyl (C=O) groups excluding carboxylic acids is 1. The molecule has 0 spiro atoms. The molecule has 5 heteroatoms. The third-order valence-electron chi connectivity index (χ3n) is 1.17. The van der Waals surface area contributed by atoms with E-state index in [-0.39, 0.29) is 10.7 Å². The third-order valence-corrected chi connectivity index (χ3v) is 1.69. The molecule has 0 saturated heterocycles. The van der Waals surface area contributed by atoms with E-state index in [4.69, 9.17) is 0 Å². The molecule has 0 saturated carbocycles. The summed E-state index contributed by atoms with van der Waals surface area (Å²) in [5, 5.41) is 0. The van der Waals surface area contributed by atoms with Gasteiger partial charge in [-0.3, -0.25) is 9.98 Å². The van der Waals surface area contributed by atoms with E-state index >= 15 is 0 Å². The monoisotopic (exact) mass is 218 g/mol. The van der Waals surface area contributed by atoms with Crippen molar-refractivity contribution in [1.82, 2.24) is 0 Å². The second-order valence-corrected chi connectivity index (χ2v) is 2.99. The molecule has 0 aromatic rings. The summed E-state index contributed by atoms with van der Waals surface area (Å²) in [5.74, 6) is -0.437. The van der Waals surface area contributed by atoms with Gasteiger partial charge in [0.2, 0.25) is 0 Å². The summed E-state index contributed by atoms with van der Waals surface area (Å²) < 4.78 is 4.45. The Morgan fingerprint density at radius 1 is 1.91 bits per heavy atom. The van der Waals surface area contributed by atoms with Crippen molar-refractivity contribution < 1.29 is 9.53 Å². The lowest BCUT2D eigenvalue weighted by atomic mass is 10.4. The summed E-state index contributed by atoms with van der Waals surface area (Å²) in [5.41, 5.74) is 0.281. The fraction of sp³-hybridized carbons (Fsp3) is 0.500. The standard InChI is InChI=1S/C6H7BrN2O2/c1-11-6(10)4-2-9-5(7)3-8-4/h2,5H,3H2,1H3. The van der Waals surface area contributed by atoms with E-state index in [9.17, 15) is 4.79 Å². The SMILES string of the molecule is COC(=O)C1=NCC(Br)N=C1. The number of nitrogens with zero attached hydrogens (tertiary/aromatic N) is 2. The molecule has 1 atom stereocenters. The van der Waals surface area contributed by atoms with Crippen molar-refractivity contribution >= 4 is 33.8 Å². The van der Waals surface area contributed by atoms with Crippen LogP contribution < -0.4 is 0 Å². The Kier molecular flexibility index (Phi) is 2.76. The number of rotatable bonds is 1. The van der Waals surface area contributed by atoms with Gasteiger partial charge in [0.05, 0.1) is 19.9 Å². The molecular weight excluding hydrogens is 212 g/mol. The van der Waals surface area contributed by atoms with Crippen LogP contribution in [0.1, 0.15) is 0 Å². The number of hydrogen-bond donors (Lipinski definition) is 0. The summed E-state index contributed by atoms with van der Waals surface area (Å²) in [7, 11) is 1.32. The van der Waals surface area contributed by atoms with Crippen LogP contribution in [-0.2, 0) is 9.53 Å². The zero-order chi connectivity index (χ0) is 8.27. The first-order valence-corrected chi connectivity index (χ1v) is 3.95. The summed E-state index contributed by atoms with van der Waals surface area (Å²) in [6.07, 6.45) is 1.41. The van der Waals surface area contributed by atoms with Gasteiger partial charge in [-0.2, -0.15) is 0 Å². The molecular formula is C6H7BrN2O2. The van der Waals surface area contributed by atoms with E-state index in [1.807, 2.05) is 0 Å². The number of aliphatic imine (C=N–C) groups is 2. The first-order chi connectivity index (χ1) is 5.24. The van der Waals surface area contributed by atoms with E-state index in [1.165, 1.54) is 13.3 Å². The number of methoxy groups -OCH3 is 1. The van der Waals surface area contributed by atoms with Gasteiger partial charge < -0.3 is 4.74 Å². The Labute approximate surface area is 72.5 Å². The van der Waals surface area contributed by atoms with Crippen LogP contribution in [0.2, 0.25) is 0 Å². The second-order valence-electron chi connectivity index (χ2n) is 1.93. The topological polar surface area (TPSA) is 51.0 Å². The van der Waals surface area contributed by atoms with Gasteiger partial charge in [-0.05, 0) is 0 Å². The minimum atomic E-state index is -0.437. The summed E-state index contributed by atoms with van der Waals surface area (Å²) >= 11 is 3.23. The number of alkyl halides is 1. The van der Waals surface area contributed by atoms with E-state index in [0.717, 1.165) is 0 Å². The Morgan fingerprint density at radius 3 is 3.09 bits per heavy atom. The summed E-state index contributed by atoms with van der Waals surface area (Å²) in [6, 6.07) is 0. The Morgan fingerprint density at radius 2 is 2.64 bits per heavy atom. The van der Waals surface area contributed by atoms with Crippen LogP contribution in [0, 0.1) is 0 Å². The number of carbonyl (C=O) groups is 1. The quantitative estimate of drug-likeness (QED) is 0.364. The largest absolute Gasteiger partial charge is 0.464 e. The molecule has 0 bridgehead atoms. The van der Waals surface area contributed by atoms with Gasteiger partial charge in [0.25, 0.3) is 0 Å². The maximum Gasteiger partial charge on any atom is 0.357 e. The molecule has 0 aliphatic carbocycles. The second kappa shape index (κ2) is 3.61. The van der Waals surface area contributed by atoms with E-state index in [1.54, 1.807) is 0 Å². The van der Waals surface area contributed by atoms with Crippen LogP contribution in [0.15, 0.2) is 9.98 Å². The summed E-state index contributed by atoms with van der Waals surface area (Å²) in [4.78, 5) is 18.7. The molecule has 1 rings (SSSR count). The highest BCUT2D eigenvalue weighted by Crippen LogP contribution is 2.04. The minimum Gasteiger partial charge on any atom is -0.464 e. The molecule has 0 N–H and O–H groups in total. The normalized spacial score (nSPS) is 22.7. The van der Waals surface area contributed by atoms with Crippen LogP contribution in [0.25, 0.3) is 0 Å². The molecule has 4 nitrogen and oxygen atoms in total. The van der Waals surface area contributed by atoms with Crippen molar-refractivity contribution in [3.63, 3.8) is 0 Å². The Hall–Kier alpha value is -0.710. The predicted molar refractivity (Wildman–Crippen MR) is 45.5 cm³/mol. The zero-order valence-corrected chi connectivity index (χ0v) is 7.54. The molecule has 1 aliphatic rings. The smallest absolute Gasteiger partial charge is 0.357 e. The number of hydrogen-bond acceptors (Lipinski definition) is 4. The number of esters is 1. The Balaban J connectivity index is 2.63. The first-order valence-electron chi connectivity index (χ1n) is 3.04. The molecule has 1 heterocycles. The van der Waals surface area contributed by atoms with Gasteiger partial charge in [-0.1, -0.05) is 15.9 Å². The van der Waals surface area contributed by atoms with Gasteiger partial charge in [0.15, 0.2) is 5.71 Å². The van der Waals surface area contributed by atoms with Crippen molar-refractivity contribution in [2.24, 2.45) is 9.98 Å². The molecule has 0 aromatic carbocycles. The predicted octanol–water partition coefficient (Wildman–Crippen LogP) is 0.406. The van der Waals surface area contributed by atoms with Gasteiger partial charge >= 0.3 is 5.97 Å². The lowest BCUT2D eigenvalue weighted by molar-refractivity contribution is -0.132. The average molecular weight is 219 g/mol. The first kappa shape index (κ1) is 8.39. The molecule has 0 radical (unpaired) electrons. The molecule has 60 valence electrons. The maximum absolute atomic E-state index is 10.8. The van der Waals surface area contributed by atoms with Crippen molar-refractivity contribution in [1.29, 1.82) is 0 Å². The maximum atomic E-state index is 10.8. The molecule has 1 unspecified atom stereocenters. The highest BCUT2D eigenvalue weighted by Gasteiger charge is 2.13. The molecule has 0 amide bonds. The lowest BCUT2D eigenvalue weighted by Crippen LogP contribution is -2.22. The fourth-order valence-corrected chi connectivity index (χ4v) is 0.898. The van der Waals surface area contributed by atoms with Crippen molar-refractivity contribution in [2.45, 2.75) is 4.95 Å². The highest BCUT2D eigenvalue weighted by atomic mass is 79.9. The Bertz CT molecular complexity index is 225. The molecule has 0 fully saturated rings.